The first-order valence-corrected chi connectivity index (χ1v) is 5.23. The van der Waals surface area contributed by atoms with Crippen LogP contribution in [0.15, 0.2) is 42.6 Å². The van der Waals surface area contributed by atoms with Gasteiger partial charge in [0.15, 0.2) is 0 Å². The Kier molecular flexibility index (Phi) is 2.09. The first-order chi connectivity index (χ1) is 8.66. The van der Waals surface area contributed by atoms with E-state index in [0.29, 0.717) is 11.0 Å². The lowest BCUT2D eigenvalue weighted by molar-refractivity contribution is -0.580. The van der Waals surface area contributed by atoms with Crippen molar-refractivity contribution in [2.24, 2.45) is 0 Å². The van der Waals surface area contributed by atoms with Crippen LogP contribution in [0, 0.1) is 10.1 Å². The summed E-state index contributed by atoms with van der Waals surface area (Å²) >= 11 is 0. The van der Waals surface area contributed by atoms with Crippen LogP contribution in [-0.4, -0.2) is 10.0 Å². The van der Waals surface area contributed by atoms with Crippen LogP contribution in [0.25, 0.3) is 16.4 Å². The summed E-state index contributed by atoms with van der Waals surface area (Å²) in [5, 5.41) is 27.4. The number of benzene rings is 1. The van der Waals surface area contributed by atoms with Gasteiger partial charge in [0.05, 0.1) is 4.92 Å². The van der Waals surface area contributed by atoms with E-state index < -0.39 is 4.92 Å². The van der Waals surface area contributed by atoms with Gasteiger partial charge in [0.25, 0.3) is 5.69 Å². The van der Waals surface area contributed by atoms with Gasteiger partial charge in [0.2, 0.25) is 11.7 Å². The number of nitro groups is 1. The maximum atomic E-state index is 12.2. The highest BCUT2D eigenvalue weighted by Crippen LogP contribution is 2.26. The van der Waals surface area contributed by atoms with Gasteiger partial charge in [-0.25, -0.2) is 0 Å². The Balaban J connectivity index is 2.45. The fourth-order valence-corrected chi connectivity index (χ4v) is 1.86. The van der Waals surface area contributed by atoms with Crippen molar-refractivity contribution in [3.8, 4) is 5.75 Å². The first-order valence-electron chi connectivity index (χ1n) is 5.23. The SMILES string of the molecule is O=[N+]([O-])c1ccc2n[n+]3ccccc3c([O-])c2c1. The topological polar surface area (TPSA) is 83.2 Å². The molecule has 2 heterocycles. The molecule has 88 valence electrons. The average molecular weight is 241 g/mol. The number of rotatable bonds is 1. The van der Waals surface area contributed by atoms with E-state index in [0.717, 1.165) is 0 Å². The molecule has 0 aliphatic heterocycles. The minimum Gasteiger partial charge on any atom is -0.867 e. The lowest BCUT2D eigenvalue weighted by Gasteiger charge is -2.07. The van der Waals surface area contributed by atoms with Gasteiger partial charge in [0, 0.05) is 34.8 Å². The average Bonchev–Trinajstić information content (AvgIpc) is 2.38. The second kappa shape index (κ2) is 3.63. The van der Waals surface area contributed by atoms with Crippen molar-refractivity contribution >= 4 is 22.1 Å². The predicted molar refractivity (Wildman–Crippen MR) is 61.0 cm³/mol. The Labute approximate surface area is 101 Å². The van der Waals surface area contributed by atoms with E-state index in [4.69, 9.17) is 0 Å². The summed E-state index contributed by atoms with van der Waals surface area (Å²) in [6.45, 7) is 0. The molecule has 0 spiro atoms. The Hall–Kier alpha value is -2.76. The van der Waals surface area contributed by atoms with Crippen molar-refractivity contribution in [3.05, 3.63) is 52.7 Å². The van der Waals surface area contributed by atoms with Crippen molar-refractivity contribution in [1.29, 1.82) is 0 Å². The van der Waals surface area contributed by atoms with E-state index in [-0.39, 0.29) is 16.8 Å². The minimum atomic E-state index is -0.527. The molecule has 0 radical (unpaired) electrons. The molecule has 0 aliphatic carbocycles. The monoisotopic (exact) mass is 241 g/mol. The number of nitro benzene ring substituents is 1. The molecule has 3 aromatic rings. The van der Waals surface area contributed by atoms with Gasteiger partial charge in [-0.05, 0) is 17.9 Å². The van der Waals surface area contributed by atoms with Crippen LogP contribution >= 0.6 is 0 Å². The Bertz CT molecular complexity index is 786. The van der Waals surface area contributed by atoms with Gasteiger partial charge in [-0.3, -0.25) is 10.1 Å². The summed E-state index contributed by atoms with van der Waals surface area (Å²) in [7, 11) is 0. The van der Waals surface area contributed by atoms with Crippen LogP contribution in [0.4, 0.5) is 5.69 Å². The van der Waals surface area contributed by atoms with Crippen molar-refractivity contribution in [2.75, 3.05) is 0 Å². The highest BCUT2D eigenvalue weighted by atomic mass is 16.6. The molecular formula is C12H7N3O3. The standard InChI is InChI=1S/C12H7N3O3/c16-12-9-7-8(15(17)18)4-5-10(9)13-14-6-2-1-3-11(12)14/h1-7H. The molecular weight excluding hydrogens is 234 g/mol. The Morgan fingerprint density at radius 3 is 2.83 bits per heavy atom. The largest absolute Gasteiger partial charge is 0.867 e. The fraction of sp³-hybridized carbons (Fsp3) is 0. The maximum absolute atomic E-state index is 12.2. The zero-order chi connectivity index (χ0) is 12.7. The third kappa shape index (κ3) is 1.43. The summed E-state index contributed by atoms with van der Waals surface area (Å²) in [5.74, 6) is -0.260. The molecule has 6 nitrogen and oxygen atoms in total. The van der Waals surface area contributed by atoms with Gasteiger partial charge in [-0.2, -0.15) is 0 Å². The van der Waals surface area contributed by atoms with Crippen LogP contribution in [0.2, 0.25) is 0 Å². The third-order valence-corrected chi connectivity index (χ3v) is 2.72. The third-order valence-electron chi connectivity index (χ3n) is 2.72. The molecule has 0 fully saturated rings. The normalized spacial score (nSPS) is 10.9. The molecule has 0 N–H and O–H groups in total. The molecule has 0 saturated carbocycles. The number of non-ortho nitro benzene ring substituents is 1. The molecule has 0 atom stereocenters. The van der Waals surface area contributed by atoms with Crippen LogP contribution in [0.3, 0.4) is 0 Å². The zero-order valence-corrected chi connectivity index (χ0v) is 9.11. The summed E-state index contributed by atoms with van der Waals surface area (Å²) < 4.78 is 1.47. The number of nitrogens with zero attached hydrogens (tertiary/aromatic N) is 3. The fourth-order valence-electron chi connectivity index (χ4n) is 1.86. The van der Waals surface area contributed by atoms with Crippen LogP contribution < -0.4 is 9.62 Å². The van der Waals surface area contributed by atoms with Crippen LogP contribution in [0.5, 0.6) is 5.75 Å². The maximum Gasteiger partial charge on any atom is 0.270 e. The van der Waals surface area contributed by atoms with Gasteiger partial charge in [-0.15, -0.1) is 0 Å². The molecule has 2 aromatic heterocycles. The number of pyridine rings is 1. The van der Waals surface area contributed by atoms with Gasteiger partial charge < -0.3 is 5.11 Å². The van der Waals surface area contributed by atoms with E-state index in [2.05, 4.69) is 5.10 Å². The zero-order valence-electron chi connectivity index (χ0n) is 9.11. The molecule has 6 heteroatoms. The van der Waals surface area contributed by atoms with Crippen molar-refractivity contribution < 1.29 is 14.5 Å². The molecule has 0 aliphatic rings. The minimum absolute atomic E-state index is 0.110. The highest BCUT2D eigenvalue weighted by molar-refractivity contribution is 5.89. The van der Waals surface area contributed by atoms with E-state index in [1.807, 2.05) is 0 Å². The molecule has 1 aromatic carbocycles. The summed E-state index contributed by atoms with van der Waals surface area (Å²) in [6, 6.07) is 9.20. The quantitative estimate of drug-likeness (QED) is 0.275. The number of aromatic nitrogens is 2. The summed E-state index contributed by atoms with van der Waals surface area (Å²) in [6.07, 6.45) is 1.66. The molecule has 0 saturated heterocycles. The molecule has 0 unspecified atom stereocenters. The lowest BCUT2D eigenvalue weighted by atomic mass is 10.2. The number of hydrogen-bond acceptors (Lipinski definition) is 4. The Morgan fingerprint density at radius 1 is 1.22 bits per heavy atom. The van der Waals surface area contributed by atoms with Crippen LogP contribution in [0.1, 0.15) is 0 Å². The van der Waals surface area contributed by atoms with Crippen molar-refractivity contribution in [2.45, 2.75) is 0 Å². The van der Waals surface area contributed by atoms with Gasteiger partial charge in [0.1, 0.15) is 5.52 Å². The van der Waals surface area contributed by atoms with E-state index >= 15 is 0 Å². The van der Waals surface area contributed by atoms with E-state index in [9.17, 15) is 15.2 Å². The second-order valence-corrected chi connectivity index (χ2v) is 3.82. The van der Waals surface area contributed by atoms with E-state index in [1.165, 1.54) is 22.7 Å². The van der Waals surface area contributed by atoms with Crippen molar-refractivity contribution in [3.63, 3.8) is 0 Å². The van der Waals surface area contributed by atoms with Gasteiger partial charge in [-0.1, -0.05) is 4.52 Å². The Morgan fingerprint density at radius 2 is 2.06 bits per heavy atom. The van der Waals surface area contributed by atoms with Crippen molar-refractivity contribution in [1.82, 2.24) is 5.10 Å². The number of hydrogen-bond donors (Lipinski definition) is 0. The molecule has 18 heavy (non-hydrogen) atoms. The first kappa shape index (κ1) is 10.4. The van der Waals surface area contributed by atoms with Gasteiger partial charge >= 0.3 is 0 Å². The summed E-state index contributed by atoms with van der Waals surface area (Å²) in [5.41, 5.74) is 0.724. The lowest BCUT2D eigenvalue weighted by Crippen LogP contribution is -2.27. The molecule has 0 amide bonds. The number of fused-ring (bicyclic) bond motifs is 2. The smallest absolute Gasteiger partial charge is 0.270 e. The van der Waals surface area contributed by atoms with E-state index in [1.54, 1.807) is 24.4 Å². The molecule has 3 rings (SSSR count). The summed E-state index contributed by atoms with van der Waals surface area (Å²) in [4.78, 5) is 10.2. The van der Waals surface area contributed by atoms with Crippen LogP contribution in [-0.2, 0) is 0 Å². The molecule has 0 bridgehead atoms. The second-order valence-electron chi connectivity index (χ2n) is 3.82. The predicted octanol–water partition coefficient (Wildman–Crippen LogP) is 0.955. The highest BCUT2D eigenvalue weighted by Gasteiger charge is 2.12.